The zero-order valence-corrected chi connectivity index (χ0v) is 34.7. The molecule has 1 saturated heterocycles. The molecule has 4 aliphatic rings. The van der Waals surface area contributed by atoms with Crippen molar-refractivity contribution in [2.75, 3.05) is 24.2 Å². The number of allylic oxidation sites excluding steroid dienone is 10. The van der Waals surface area contributed by atoms with Gasteiger partial charge in [-0.25, -0.2) is 0 Å². The minimum absolute atomic E-state index is 0.0340. The zero-order valence-electron chi connectivity index (χ0n) is 33.0. The number of aryl methyl sites for hydroxylation is 3. The second-order valence-corrected chi connectivity index (χ2v) is 19.2. The van der Waals surface area contributed by atoms with Gasteiger partial charge in [0.2, 0.25) is 0 Å². The molecule has 5 aromatic carbocycles. The van der Waals surface area contributed by atoms with Gasteiger partial charge in [-0.2, -0.15) is 0 Å². The average Bonchev–Trinajstić information content (AvgIpc) is 3.89. The summed E-state index contributed by atoms with van der Waals surface area (Å²) in [6.07, 6.45) is 20.5. The molecule has 0 aromatic heterocycles. The van der Waals surface area contributed by atoms with E-state index in [1.54, 1.807) is 0 Å². The number of hydrogen-bond donors (Lipinski definition) is 1. The van der Waals surface area contributed by atoms with Gasteiger partial charge in [-0.15, -0.1) is 11.8 Å². The summed E-state index contributed by atoms with van der Waals surface area (Å²) in [5, 5.41) is 6.28. The highest BCUT2D eigenvalue weighted by atomic mass is 32.2. The number of anilines is 1. The Morgan fingerprint density at radius 2 is 1.35 bits per heavy atom. The van der Waals surface area contributed by atoms with Crippen molar-refractivity contribution >= 4 is 52.8 Å². The molecule has 3 aliphatic carbocycles. The summed E-state index contributed by atoms with van der Waals surface area (Å²) >= 11 is 1.85. The Morgan fingerprint density at radius 1 is 0.719 bits per heavy atom. The van der Waals surface area contributed by atoms with E-state index in [1.807, 2.05) is 11.8 Å². The van der Waals surface area contributed by atoms with Crippen molar-refractivity contribution in [1.82, 2.24) is 5.32 Å². The minimum atomic E-state index is -2.77. The standard InChI is InChI=1S/C52H48N2OPS/c1-36-33-37(2)50(38(3)34-36)54-32-31-53-52(54)44-27-16-17-30-48(44)56(41-22-10-6-11-23-41,42-24-12-7-13-25-42)55-47-29-18-28-45(51(47)57-4)49-43-26-15-14-21-40(43)35-46(49)39-19-8-5-9-20-39/h5-30,33-35,48,51,53H,31-32H2,1-4H3/q+1. The van der Waals surface area contributed by atoms with Crippen LogP contribution in [0, 0.1) is 20.8 Å². The molecular weight excluding hydrogens is 732 g/mol. The summed E-state index contributed by atoms with van der Waals surface area (Å²) < 4.78 is 8.09. The van der Waals surface area contributed by atoms with Crippen LogP contribution >= 0.6 is 19.3 Å². The maximum atomic E-state index is 8.09. The van der Waals surface area contributed by atoms with E-state index in [2.05, 4.69) is 213 Å². The molecule has 9 rings (SSSR count). The van der Waals surface area contributed by atoms with Crippen molar-refractivity contribution in [3.05, 3.63) is 226 Å². The van der Waals surface area contributed by atoms with Crippen LogP contribution in [-0.2, 0) is 4.52 Å². The lowest BCUT2D eigenvalue weighted by Gasteiger charge is -2.37. The third-order valence-electron chi connectivity index (χ3n) is 11.5. The molecule has 1 aliphatic heterocycles. The maximum Gasteiger partial charge on any atom is 0.266 e. The first-order chi connectivity index (χ1) is 28.0. The summed E-state index contributed by atoms with van der Waals surface area (Å²) in [4.78, 5) is 2.52. The van der Waals surface area contributed by atoms with E-state index in [0.717, 1.165) is 24.7 Å². The molecule has 5 aromatic rings. The first kappa shape index (κ1) is 37.1. The van der Waals surface area contributed by atoms with Gasteiger partial charge in [0.25, 0.3) is 7.49 Å². The Kier molecular flexibility index (Phi) is 10.3. The van der Waals surface area contributed by atoms with Gasteiger partial charge in [-0.3, -0.25) is 0 Å². The Balaban J connectivity index is 1.24. The molecular formula is C52H48N2OPS+. The monoisotopic (exact) mass is 779 g/mol. The fraction of sp³-hybridized carbons (Fsp3) is 0.154. The van der Waals surface area contributed by atoms with Crippen LogP contribution in [0.3, 0.4) is 0 Å². The fourth-order valence-electron chi connectivity index (χ4n) is 9.23. The van der Waals surface area contributed by atoms with Crippen LogP contribution in [0.25, 0.3) is 17.2 Å². The smallest absolute Gasteiger partial charge is 0.266 e. The van der Waals surface area contributed by atoms with Gasteiger partial charge in [0.05, 0.1) is 5.25 Å². The molecule has 0 saturated carbocycles. The molecule has 5 heteroatoms. The molecule has 0 spiro atoms. The molecule has 57 heavy (non-hydrogen) atoms. The molecule has 1 fully saturated rings. The van der Waals surface area contributed by atoms with Crippen molar-refractivity contribution < 1.29 is 4.52 Å². The second-order valence-electron chi connectivity index (χ2n) is 15.1. The Morgan fingerprint density at radius 3 is 2.04 bits per heavy atom. The quantitative estimate of drug-likeness (QED) is 0.159. The summed E-state index contributed by atoms with van der Waals surface area (Å²) in [5.41, 5.74) is 13.9. The van der Waals surface area contributed by atoms with E-state index >= 15 is 0 Å². The SMILES string of the molecule is CSC1C(O[P+](c2ccccc2)(c2ccccc2)C2C=CC=CC2=C2NCCN2c2c(C)cc(C)cc2C)=CC=CC1=C1C(c2ccccc2)=Cc2ccccc21. The van der Waals surface area contributed by atoms with E-state index in [0.29, 0.717) is 0 Å². The Bertz CT molecular complexity index is 2480. The number of hydrogen-bond acceptors (Lipinski definition) is 4. The van der Waals surface area contributed by atoms with Gasteiger partial charge < -0.3 is 14.7 Å². The van der Waals surface area contributed by atoms with E-state index in [1.165, 1.54) is 72.0 Å². The van der Waals surface area contributed by atoms with Gasteiger partial charge >= 0.3 is 0 Å². The Labute approximate surface area is 343 Å². The summed E-state index contributed by atoms with van der Waals surface area (Å²) in [6.45, 7) is 8.46. The normalized spacial score (nSPS) is 21.3. The maximum absolute atomic E-state index is 8.09. The molecule has 2 atom stereocenters. The molecule has 2 unspecified atom stereocenters. The number of nitrogens with zero attached hydrogens (tertiary/aromatic N) is 1. The van der Waals surface area contributed by atoms with Crippen molar-refractivity contribution in [3.63, 3.8) is 0 Å². The predicted octanol–water partition coefficient (Wildman–Crippen LogP) is 11.5. The third-order valence-corrected chi connectivity index (χ3v) is 16.3. The van der Waals surface area contributed by atoms with Gasteiger partial charge in [-0.1, -0.05) is 139 Å². The minimum Gasteiger partial charge on any atom is -0.369 e. The van der Waals surface area contributed by atoms with E-state index in [4.69, 9.17) is 4.52 Å². The van der Waals surface area contributed by atoms with Crippen LogP contribution < -0.4 is 20.8 Å². The number of rotatable bonds is 8. The largest absolute Gasteiger partial charge is 0.369 e. The van der Waals surface area contributed by atoms with Gasteiger partial charge in [0.15, 0.2) is 11.4 Å². The van der Waals surface area contributed by atoms with Crippen molar-refractivity contribution in [2.24, 2.45) is 0 Å². The van der Waals surface area contributed by atoms with Crippen LogP contribution in [0.1, 0.15) is 33.4 Å². The first-order valence-corrected chi connectivity index (χ1v) is 22.9. The highest BCUT2D eigenvalue weighted by molar-refractivity contribution is 7.99. The van der Waals surface area contributed by atoms with E-state index in [9.17, 15) is 0 Å². The van der Waals surface area contributed by atoms with Crippen LogP contribution in [0.4, 0.5) is 5.69 Å². The molecule has 282 valence electrons. The highest BCUT2D eigenvalue weighted by Gasteiger charge is 2.57. The third kappa shape index (κ3) is 6.65. The molecule has 0 bridgehead atoms. The molecule has 0 amide bonds. The summed E-state index contributed by atoms with van der Waals surface area (Å²) in [6, 6.07) is 46.3. The van der Waals surface area contributed by atoms with Crippen molar-refractivity contribution in [2.45, 2.75) is 31.7 Å². The van der Waals surface area contributed by atoms with Gasteiger partial charge in [-0.05, 0) is 114 Å². The number of benzene rings is 5. The van der Waals surface area contributed by atoms with Crippen LogP contribution in [0.15, 0.2) is 193 Å². The predicted molar refractivity (Wildman–Crippen MR) is 247 cm³/mol. The molecule has 1 heterocycles. The topological polar surface area (TPSA) is 24.5 Å². The Hall–Kier alpha value is -5.54. The van der Waals surface area contributed by atoms with Crippen LogP contribution in [0.2, 0.25) is 0 Å². The lowest BCUT2D eigenvalue weighted by molar-refractivity contribution is 0.455. The lowest BCUT2D eigenvalue weighted by atomic mass is 9.89. The highest BCUT2D eigenvalue weighted by Crippen LogP contribution is 2.67. The number of nitrogens with one attached hydrogen (secondary N) is 1. The van der Waals surface area contributed by atoms with E-state index in [-0.39, 0.29) is 10.9 Å². The van der Waals surface area contributed by atoms with E-state index < -0.39 is 7.49 Å². The molecule has 3 nitrogen and oxygen atoms in total. The second kappa shape index (κ2) is 15.8. The number of thioether (sulfide) groups is 1. The molecule has 0 radical (unpaired) electrons. The van der Waals surface area contributed by atoms with Crippen LogP contribution in [-0.4, -0.2) is 30.3 Å². The zero-order chi connectivity index (χ0) is 38.9. The number of fused-ring (bicyclic) bond motifs is 1. The summed E-state index contributed by atoms with van der Waals surface area (Å²) in [7, 11) is -2.77. The van der Waals surface area contributed by atoms with Crippen molar-refractivity contribution in [3.8, 4) is 0 Å². The summed E-state index contributed by atoms with van der Waals surface area (Å²) in [5.74, 6) is 2.15. The van der Waals surface area contributed by atoms with Crippen molar-refractivity contribution in [1.29, 1.82) is 0 Å². The lowest BCUT2D eigenvalue weighted by Crippen LogP contribution is -2.37. The first-order valence-electron chi connectivity index (χ1n) is 19.9. The average molecular weight is 780 g/mol. The molecule has 1 N–H and O–H groups in total. The van der Waals surface area contributed by atoms with Crippen LogP contribution in [0.5, 0.6) is 0 Å². The van der Waals surface area contributed by atoms with Gasteiger partial charge in [0.1, 0.15) is 16.4 Å². The fourth-order valence-corrected chi connectivity index (χ4v) is 14.0. The van der Waals surface area contributed by atoms with Gasteiger partial charge in [0, 0.05) is 24.4 Å².